The van der Waals surface area contributed by atoms with Gasteiger partial charge in [0.15, 0.2) is 0 Å². The van der Waals surface area contributed by atoms with Crippen molar-refractivity contribution in [1.82, 2.24) is 0 Å². The summed E-state index contributed by atoms with van der Waals surface area (Å²) in [6.45, 7) is 0. The average Bonchev–Trinajstić information content (AvgIpc) is 2.23. The largest absolute Gasteiger partial charge is 0.328 e. The molecule has 0 atom stereocenters. The molecular formula is C13H19N. The number of rotatable bonds is 2. The zero-order valence-corrected chi connectivity index (χ0v) is 8.65. The third-order valence-corrected chi connectivity index (χ3v) is 3.26. The first-order valence-corrected chi connectivity index (χ1v) is 5.64. The predicted octanol–water partition coefficient (Wildman–Crippen LogP) is 2.75. The van der Waals surface area contributed by atoms with Crippen molar-refractivity contribution in [2.45, 2.75) is 38.1 Å². The van der Waals surface area contributed by atoms with Crippen molar-refractivity contribution in [3.63, 3.8) is 0 Å². The maximum absolute atomic E-state index is 5.89. The van der Waals surface area contributed by atoms with Gasteiger partial charge in [0.2, 0.25) is 0 Å². The fourth-order valence-electron chi connectivity index (χ4n) is 2.34. The number of hydrogen-bond donors (Lipinski definition) is 1. The molecule has 1 aliphatic rings. The summed E-state index contributed by atoms with van der Waals surface area (Å²) in [7, 11) is 0. The van der Waals surface area contributed by atoms with Crippen molar-refractivity contribution in [1.29, 1.82) is 0 Å². The third-order valence-electron chi connectivity index (χ3n) is 3.26. The summed E-state index contributed by atoms with van der Waals surface area (Å²) >= 11 is 0. The number of benzene rings is 1. The van der Waals surface area contributed by atoms with Crippen LogP contribution < -0.4 is 5.73 Å². The van der Waals surface area contributed by atoms with E-state index in [9.17, 15) is 0 Å². The highest BCUT2D eigenvalue weighted by atomic mass is 14.6. The highest BCUT2D eigenvalue weighted by Crippen LogP contribution is 2.26. The molecular weight excluding hydrogens is 170 g/mol. The van der Waals surface area contributed by atoms with Crippen molar-refractivity contribution in [3.8, 4) is 0 Å². The van der Waals surface area contributed by atoms with Gasteiger partial charge in [-0.05, 0) is 43.6 Å². The van der Waals surface area contributed by atoms with Crippen molar-refractivity contribution in [2.75, 3.05) is 0 Å². The minimum atomic E-state index is 0.474. The highest BCUT2D eigenvalue weighted by Gasteiger charge is 2.18. The smallest absolute Gasteiger partial charge is 0.00390 e. The molecule has 0 amide bonds. The summed E-state index contributed by atoms with van der Waals surface area (Å²) in [4.78, 5) is 0. The minimum absolute atomic E-state index is 0.474. The second-order valence-corrected chi connectivity index (χ2v) is 4.47. The van der Waals surface area contributed by atoms with Gasteiger partial charge in [-0.1, -0.05) is 30.3 Å². The summed E-state index contributed by atoms with van der Waals surface area (Å²) in [6, 6.07) is 11.3. The second kappa shape index (κ2) is 4.61. The van der Waals surface area contributed by atoms with E-state index in [0.29, 0.717) is 6.04 Å². The quantitative estimate of drug-likeness (QED) is 0.760. The fourth-order valence-corrected chi connectivity index (χ4v) is 2.34. The van der Waals surface area contributed by atoms with Gasteiger partial charge in [-0.25, -0.2) is 0 Å². The van der Waals surface area contributed by atoms with E-state index in [1.165, 1.54) is 37.7 Å². The van der Waals surface area contributed by atoms with Gasteiger partial charge in [0.25, 0.3) is 0 Å². The Morgan fingerprint density at radius 3 is 2.29 bits per heavy atom. The molecule has 1 fully saturated rings. The van der Waals surface area contributed by atoms with Crippen LogP contribution in [0, 0.1) is 5.92 Å². The van der Waals surface area contributed by atoms with Crippen molar-refractivity contribution in [2.24, 2.45) is 11.7 Å². The summed E-state index contributed by atoms with van der Waals surface area (Å²) in [5.74, 6) is 0.872. The summed E-state index contributed by atoms with van der Waals surface area (Å²) < 4.78 is 0. The van der Waals surface area contributed by atoms with Crippen LogP contribution in [-0.4, -0.2) is 6.04 Å². The molecule has 76 valence electrons. The van der Waals surface area contributed by atoms with E-state index < -0.39 is 0 Å². The lowest BCUT2D eigenvalue weighted by atomic mass is 9.83. The van der Waals surface area contributed by atoms with E-state index in [2.05, 4.69) is 30.3 Å². The van der Waals surface area contributed by atoms with Crippen molar-refractivity contribution < 1.29 is 0 Å². The first-order chi connectivity index (χ1) is 6.84. The Kier molecular flexibility index (Phi) is 3.20. The van der Waals surface area contributed by atoms with Crippen LogP contribution in [0.3, 0.4) is 0 Å². The van der Waals surface area contributed by atoms with E-state index in [-0.39, 0.29) is 0 Å². The van der Waals surface area contributed by atoms with Gasteiger partial charge < -0.3 is 5.73 Å². The molecule has 1 nitrogen and oxygen atoms in total. The lowest BCUT2D eigenvalue weighted by Gasteiger charge is -2.25. The van der Waals surface area contributed by atoms with Crippen LogP contribution in [0.2, 0.25) is 0 Å². The molecule has 0 radical (unpaired) electrons. The van der Waals surface area contributed by atoms with Crippen LogP contribution in [0.4, 0.5) is 0 Å². The standard InChI is InChI=1S/C13H19N/c14-13-8-6-12(7-9-13)10-11-4-2-1-3-5-11/h1-5,12-13H,6-10,14H2. The molecule has 1 aliphatic carbocycles. The van der Waals surface area contributed by atoms with Crippen LogP contribution in [0.25, 0.3) is 0 Å². The average molecular weight is 189 g/mol. The summed E-state index contributed by atoms with van der Waals surface area (Å²) in [6.07, 6.45) is 6.31. The van der Waals surface area contributed by atoms with Crippen molar-refractivity contribution >= 4 is 0 Å². The lowest BCUT2D eigenvalue weighted by Crippen LogP contribution is -2.27. The molecule has 2 N–H and O–H groups in total. The zero-order valence-electron chi connectivity index (χ0n) is 8.65. The second-order valence-electron chi connectivity index (χ2n) is 4.47. The van der Waals surface area contributed by atoms with Gasteiger partial charge in [0.05, 0.1) is 0 Å². The van der Waals surface area contributed by atoms with Crippen LogP contribution in [0.15, 0.2) is 30.3 Å². The Labute approximate surface area is 86.3 Å². The van der Waals surface area contributed by atoms with Gasteiger partial charge in [0, 0.05) is 6.04 Å². The van der Waals surface area contributed by atoms with Gasteiger partial charge in [-0.3, -0.25) is 0 Å². The molecule has 2 rings (SSSR count). The molecule has 1 aromatic rings. The molecule has 14 heavy (non-hydrogen) atoms. The summed E-state index contributed by atoms with van der Waals surface area (Å²) in [5, 5.41) is 0. The molecule has 0 spiro atoms. The topological polar surface area (TPSA) is 26.0 Å². The molecule has 0 aromatic heterocycles. The van der Waals surface area contributed by atoms with Gasteiger partial charge in [0.1, 0.15) is 0 Å². The van der Waals surface area contributed by atoms with E-state index in [4.69, 9.17) is 5.73 Å². The molecule has 1 aromatic carbocycles. The highest BCUT2D eigenvalue weighted by molar-refractivity contribution is 5.15. The normalized spacial score (nSPS) is 27.5. The van der Waals surface area contributed by atoms with Crippen LogP contribution in [-0.2, 0) is 6.42 Å². The van der Waals surface area contributed by atoms with Crippen LogP contribution in [0.1, 0.15) is 31.2 Å². The number of nitrogens with two attached hydrogens (primary N) is 1. The van der Waals surface area contributed by atoms with Crippen LogP contribution >= 0.6 is 0 Å². The van der Waals surface area contributed by atoms with E-state index in [1.807, 2.05) is 0 Å². The molecule has 0 unspecified atom stereocenters. The van der Waals surface area contributed by atoms with E-state index >= 15 is 0 Å². The Balaban J connectivity index is 1.87. The van der Waals surface area contributed by atoms with E-state index in [1.54, 1.807) is 0 Å². The Hall–Kier alpha value is -0.820. The Morgan fingerprint density at radius 1 is 1.00 bits per heavy atom. The minimum Gasteiger partial charge on any atom is -0.328 e. The molecule has 0 bridgehead atoms. The monoisotopic (exact) mass is 189 g/mol. The van der Waals surface area contributed by atoms with Gasteiger partial charge >= 0.3 is 0 Å². The molecule has 0 aliphatic heterocycles. The summed E-state index contributed by atoms with van der Waals surface area (Å²) in [5.41, 5.74) is 7.37. The first kappa shape index (κ1) is 9.72. The van der Waals surface area contributed by atoms with E-state index in [0.717, 1.165) is 5.92 Å². The van der Waals surface area contributed by atoms with Crippen LogP contribution in [0.5, 0.6) is 0 Å². The van der Waals surface area contributed by atoms with Gasteiger partial charge in [-0.2, -0.15) is 0 Å². The Bertz CT molecular complexity index is 260. The lowest BCUT2D eigenvalue weighted by molar-refractivity contribution is 0.325. The SMILES string of the molecule is NC1CCC(Cc2ccccc2)CC1. The molecule has 0 heterocycles. The molecule has 0 saturated heterocycles. The molecule has 1 heteroatoms. The maximum Gasteiger partial charge on any atom is 0.00390 e. The molecule has 1 saturated carbocycles. The maximum atomic E-state index is 5.89. The zero-order chi connectivity index (χ0) is 9.80. The third kappa shape index (κ3) is 2.58. The van der Waals surface area contributed by atoms with Gasteiger partial charge in [-0.15, -0.1) is 0 Å². The predicted molar refractivity (Wildman–Crippen MR) is 60.1 cm³/mol. The number of hydrogen-bond acceptors (Lipinski definition) is 1. The first-order valence-electron chi connectivity index (χ1n) is 5.64. The van der Waals surface area contributed by atoms with Crippen molar-refractivity contribution in [3.05, 3.63) is 35.9 Å². The fraction of sp³-hybridized carbons (Fsp3) is 0.538. The Morgan fingerprint density at radius 2 is 1.64 bits per heavy atom.